The number of likely N-dealkylation sites (N-methyl/N-ethyl adjacent to an activating group) is 1. The van der Waals surface area contributed by atoms with Crippen LogP contribution in [0.5, 0.6) is 0 Å². The van der Waals surface area contributed by atoms with E-state index in [1.807, 2.05) is 24.6 Å². The quantitative estimate of drug-likeness (QED) is 0.815. The first-order valence-corrected chi connectivity index (χ1v) is 5.90. The van der Waals surface area contributed by atoms with E-state index >= 15 is 0 Å². The van der Waals surface area contributed by atoms with Crippen LogP contribution in [0.1, 0.15) is 16.3 Å². The molecule has 0 amide bonds. The van der Waals surface area contributed by atoms with Gasteiger partial charge in [0.15, 0.2) is 0 Å². The van der Waals surface area contributed by atoms with Crippen LogP contribution in [0.3, 0.4) is 0 Å². The molecule has 1 atom stereocenters. The van der Waals surface area contributed by atoms with Gasteiger partial charge in [-0.1, -0.05) is 0 Å². The van der Waals surface area contributed by atoms with Crippen LogP contribution in [0.25, 0.3) is 0 Å². The first-order valence-electron chi connectivity index (χ1n) is 5.09. The molecule has 1 saturated heterocycles. The molecule has 0 bridgehead atoms. The summed E-state index contributed by atoms with van der Waals surface area (Å²) in [5.74, 6) is 0. The molecule has 2 heterocycles. The molecule has 3 nitrogen and oxygen atoms in total. The van der Waals surface area contributed by atoms with Crippen molar-refractivity contribution in [2.45, 2.75) is 25.9 Å². The number of nitrogens with zero attached hydrogens (tertiary/aromatic N) is 2. The van der Waals surface area contributed by atoms with Crippen LogP contribution in [-0.2, 0) is 6.54 Å². The Bertz CT molecular complexity index is 297. The summed E-state index contributed by atoms with van der Waals surface area (Å²) in [6, 6.07) is 0.677. The van der Waals surface area contributed by atoms with Crippen LogP contribution in [0, 0.1) is 6.92 Å². The van der Waals surface area contributed by atoms with Crippen molar-refractivity contribution >= 4 is 11.3 Å². The van der Waals surface area contributed by atoms with E-state index < -0.39 is 0 Å². The van der Waals surface area contributed by atoms with Gasteiger partial charge >= 0.3 is 0 Å². The molecular weight excluding hydrogens is 194 g/mol. The summed E-state index contributed by atoms with van der Waals surface area (Å²) in [6.45, 7) is 5.50. The molecule has 0 aliphatic carbocycles. The molecule has 1 aromatic rings. The molecular formula is C10H17N3S. The zero-order valence-corrected chi connectivity index (χ0v) is 9.60. The Morgan fingerprint density at radius 1 is 1.71 bits per heavy atom. The zero-order chi connectivity index (χ0) is 9.97. The minimum atomic E-state index is 0.677. The molecule has 0 radical (unpaired) electrons. The smallest absolute Gasteiger partial charge is 0.107 e. The topological polar surface area (TPSA) is 28.2 Å². The van der Waals surface area contributed by atoms with Gasteiger partial charge in [0.2, 0.25) is 0 Å². The summed E-state index contributed by atoms with van der Waals surface area (Å²) in [5, 5.41) is 4.58. The second kappa shape index (κ2) is 4.38. The van der Waals surface area contributed by atoms with Crippen molar-refractivity contribution in [1.29, 1.82) is 0 Å². The highest BCUT2D eigenvalue weighted by molar-refractivity contribution is 7.11. The molecule has 1 N–H and O–H groups in total. The van der Waals surface area contributed by atoms with Crippen molar-refractivity contribution in [3.8, 4) is 0 Å². The fourth-order valence-corrected chi connectivity index (χ4v) is 2.71. The van der Waals surface area contributed by atoms with Crippen LogP contribution in [0.2, 0.25) is 0 Å². The van der Waals surface area contributed by atoms with Gasteiger partial charge in [-0.05, 0) is 20.4 Å². The lowest BCUT2D eigenvalue weighted by Crippen LogP contribution is -2.29. The fraction of sp³-hybridized carbons (Fsp3) is 0.700. The molecule has 1 unspecified atom stereocenters. The van der Waals surface area contributed by atoms with Crippen LogP contribution in [-0.4, -0.2) is 36.1 Å². The van der Waals surface area contributed by atoms with E-state index in [9.17, 15) is 0 Å². The monoisotopic (exact) mass is 211 g/mol. The zero-order valence-electron chi connectivity index (χ0n) is 8.79. The molecule has 2 rings (SSSR count). The van der Waals surface area contributed by atoms with Gasteiger partial charge in [-0.3, -0.25) is 4.90 Å². The minimum Gasteiger partial charge on any atom is -0.316 e. The lowest BCUT2D eigenvalue weighted by molar-refractivity contribution is 0.322. The highest BCUT2D eigenvalue weighted by Gasteiger charge is 2.21. The van der Waals surface area contributed by atoms with E-state index in [2.05, 4.69) is 22.1 Å². The van der Waals surface area contributed by atoms with Crippen molar-refractivity contribution in [3.63, 3.8) is 0 Å². The Balaban J connectivity index is 1.87. The molecule has 0 saturated carbocycles. The third-order valence-electron chi connectivity index (χ3n) is 2.71. The lowest BCUT2D eigenvalue weighted by Gasteiger charge is -2.13. The van der Waals surface area contributed by atoms with Gasteiger partial charge in [-0.25, -0.2) is 4.98 Å². The fourth-order valence-electron chi connectivity index (χ4n) is 1.88. The summed E-state index contributed by atoms with van der Waals surface area (Å²) in [6.07, 6.45) is 3.23. The van der Waals surface area contributed by atoms with Crippen LogP contribution in [0.4, 0.5) is 0 Å². The van der Waals surface area contributed by atoms with Crippen molar-refractivity contribution in [2.75, 3.05) is 20.1 Å². The molecule has 78 valence electrons. The number of aromatic nitrogens is 1. The molecule has 14 heavy (non-hydrogen) atoms. The number of rotatable bonds is 3. The molecule has 0 aromatic carbocycles. The highest BCUT2D eigenvalue weighted by Crippen LogP contribution is 2.17. The van der Waals surface area contributed by atoms with Crippen molar-refractivity contribution in [2.24, 2.45) is 0 Å². The van der Waals surface area contributed by atoms with Crippen LogP contribution in [0.15, 0.2) is 6.20 Å². The normalized spacial score (nSPS) is 23.1. The van der Waals surface area contributed by atoms with Crippen LogP contribution < -0.4 is 5.32 Å². The van der Waals surface area contributed by atoms with E-state index in [1.54, 1.807) is 0 Å². The van der Waals surface area contributed by atoms with Gasteiger partial charge in [-0.15, -0.1) is 11.3 Å². The van der Waals surface area contributed by atoms with Gasteiger partial charge in [0.1, 0.15) is 5.01 Å². The summed E-state index contributed by atoms with van der Waals surface area (Å²) in [4.78, 5) is 8.17. The predicted molar refractivity (Wildman–Crippen MR) is 59.6 cm³/mol. The summed E-state index contributed by atoms with van der Waals surface area (Å²) >= 11 is 1.81. The van der Waals surface area contributed by atoms with E-state index in [0.717, 1.165) is 13.1 Å². The Morgan fingerprint density at radius 2 is 2.57 bits per heavy atom. The number of hydrogen-bond donors (Lipinski definition) is 1. The summed E-state index contributed by atoms with van der Waals surface area (Å²) in [7, 11) is 2.04. The second-order valence-electron chi connectivity index (χ2n) is 3.87. The van der Waals surface area contributed by atoms with Crippen molar-refractivity contribution < 1.29 is 0 Å². The molecule has 0 spiro atoms. The lowest BCUT2D eigenvalue weighted by atomic mass is 10.3. The molecule has 1 aliphatic rings. The molecule has 1 aromatic heterocycles. The number of thiazole rings is 1. The number of hydrogen-bond acceptors (Lipinski definition) is 4. The van der Waals surface area contributed by atoms with E-state index in [1.165, 1.54) is 22.9 Å². The number of likely N-dealkylation sites (tertiary alicyclic amines) is 1. The van der Waals surface area contributed by atoms with E-state index in [0.29, 0.717) is 6.04 Å². The Kier molecular flexibility index (Phi) is 3.15. The van der Waals surface area contributed by atoms with Crippen molar-refractivity contribution in [3.05, 3.63) is 16.1 Å². The van der Waals surface area contributed by atoms with E-state index in [4.69, 9.17) is 0 Å². The van der Waals surface area contributed by atoms with Gasteiger partial charge < -0.3 is 5.32 Å². The summed E-state index contributed by atoms with van der Waals surface area (Å²) < 4.78 is 0. The Hall–Kier alpha value is -0.450. The number of nitrogens with one attached hydrogen (secondary N) is 1. The number of aryl methyl sites for hydroxylation is 1. The minimum absolute atomic E-state index is 0.677. The Morgan fingerprint density at radius 3 is 3.14 bits per heavy atom. The van der Waals surface area contributed by atoms with Crippen molar-refractivity contribution in [1.82, 2.24) is 15.2 Å². The average molecular weight is 211 g/mol. The third kappa shape index (κ3) is 2.32. The van der Waals surface area contributed by atoms with Gasteiger partial charge in [0, 0.05) is 30.2 Å². The van der Waals surface area contributed by atoms with Crippen LogP contribution >= 0.6 is 11.3 Å². The molecule has 1 aliphatic heterocycles. The maximum absolute atomic E-state index is 4.39. The second-order valence-corrected chi connectivity index (χ2v) is 5.19. The first kappa shape index (κ1) is 10.1. The maximum atomic E-state index is 4.39. The predicted octanol–water partition coefficient (Wildman–Crippen LogP) is 1.25. The standard InChI is InChI=1S/C10H17N3S/c1-8-5-12-10(14-8)7-13-4-3-9(6-13)11-2/h5,9,11H,3-4,6-7H2,1-2H3. The van der Waals surface area contributed by atoms with Gasteiger partial charge in [0.25, 0.3) is 0 Å². The maximum Gasteiger partial charge on any atom is 0.107 e. The van der Waals surface area contributed by atoms with Gasteiger partial charge in [-0.2, -0.15) is 0 Å². The van der Waals surface area contributed by atoms with Gasteiger partial charge in [0.05, 0.1) is 6.54 Å². The van der Waals surface area contributed by atoms with E-state index in [-0.39, 0.29) is 0 Å². The molecule has 1 fully saturated rings. The largest absolute Gasteiger partial charge is 0.316 e. The molecule has 4 heteroatoms. The third-order valence-corrected chi connectivity index (χ3v) is 3.61. The Labute approximate surface area is 89.1 Å². The first-order chi connectivity index (χ1) is 6.78. The average Bonchev–Trinajstić information content (AvgIpc) is 2.76. The summed E-state index contributed by atoms with van der Waals surface area (Å²) in [5.41, 5.74) is 0. The highest BCUT2D eigenvalue weighted by atomic mass is 32.1. The SMILES string of the molecule is CNC1CCN(Cc2ncc(C)s2)C1.